The molecule has 1 heterocycles. The molecule has 16 heavy (non-hydrogen) atoms. The van der Waals surface area contributed by atoms with Crippen LogP contribution in [0.15, 0.2) is 6.33 Å². The summed E-state index contributed by atoms with van der Waals surface area (Å²) in [6, 6.07) is 0.478. The van der Waals surface area contributed by atoms with Crippen LogP contribution in [0.5, 0.6) is 0 Å². The van der Waals surface area contributed by atoms with E-state index >= 15 is 0 Å². The van der Waals surface area contributed by atoms with Gasteiger partial charge in [-0.3, -0.25) is 4.68 Å². The van der Waals surface area contributed by atoms with Crippen LogP contribution < -0.4 is 5.32 Å². The first-order chi connectivity index (χ1) is 7.61. The van der Waals surface area contributed by atoms with Gasteiger partial charge in [-0.25, -0.2) is 4.98 Å². The molecule has 0 saturated heterocycles. The van der Waals surface area contributed by atoms with Crippen LogP contribution in [-0.4, -0.2) is 20.8 Å². The Hall–Kier alpha value is -0.900. The molecule has 0 aromatic carbocycles. The summed E-state index contributed by atoms with van der Waals surface area (Å²) in [5, 5.41) is 7.76. The third-order valence-electron chi connectivity index (χ3n) is 2.53. The van der Waals surface area contributed by atoms with Crippen molar-refractivity contribution in [1.29, 1.82) is 0 Å². The Balaban J connectivity index is 2.39. The molecule has 1 atom stereocenters. The fourth-order valence-corrected chi connectivity index (χ4v) is 1.70. The summed E-state index contributed by atoms with van der Waals surface area (Å²) >= 11 is 0. The summed E-state index contributed by atoms with van der Waals surface area (Å²) in [6.45, 7) is 10.5. The van der Waals surface area contributed by atoms with E-state index in [2.05, 4.69) is 43.1 Å². The third-order valence-corrected chi connectivity index (χ3v) is 2.53. The highest BCUT2D eigenvalue weighted by atomic mass is 15.3. The third kappa shape index (κ3) is 4.75. The molecule has 0 saturated carbocycles. The minimum Gasteiger partial charge on any atom is -0.308 e. The molecule has 1 aromatic rings. The SMILES string of the molecule is CCCC(C)Cn1cnc(CNC(C)C)n1. The summed E-state index contributed by atoms with van der Waals surface area (Å²) in [5.41, 5.74) is 0. The van der Waals surface area contributed by atoms with Gasteiger partial charge in [-0.2, -0.15) is 5.10 Å². The van der Waals surface area contributed by atoms with E-state index in [0.717, 1.165) is 18.9 Å². The van der Waals surface area contributed by atoms with E-state index in [0.29, 0.717) is 12.0 Å². The number of aromatic nitrogens is 3. The lowest BCUT2D eigenvalue weighted by Gasteiger charge is -2.08. The molecule has 0 spiro atoms. The predicted molar refractivity (Wildman–Crippen MR) is 66.1 cm³/mol. The topological polar surface area (TPSA) is 42.7 Å². The van der Waals surface area contributed by atoms with E-state index in [-0.39, 0.29) is 0 Å². The fraction of sp³-hybridized carbons (Fsp3) is 0.833. The van der Waals surface area contributed by atoms with Crippen molar-refractivity contribution in [3.8, 4) is 0 Å². The van der Waals surface area contributed by atoms with Crippen molar-refractivity contribution in [1.82, 2.24) is 20.1 Å². The maximum absolute atomic E-state index is 4.45. The molecule has 1 unspecified atom stereocenters. The van der Waals surface area contributed by atoms with Crippen LogP contribution in [0.4, 0.5) is 0 Å². The van der Waals surface area contributed by atoms with Gasteiger partial charge in [0.05, 0.1) is 6.54 Å². The number of hydrogen-bond acceptors (Lipinski definition) is 3. The molecule has 92 valence electrons. The van der Waals surface area contributed by atoms with E-state index < -0.39 is 0 Å². The predicted octanol–water partition coefficient (Wildman–Crippen LogP) is 2.21. The van der Waals surface area contributed by atoms with Crippen LogP contribution in [-0.2, 0) is 13.1 Å². The van der Waals surface area contributed by atoms with Crippen molar-refractivity contribution in [2.75, 3.05) is 0 Å². The van der Waals surface area contributed by atoms with E-state index in [4.69, 9.17) is 0 Å². The van der Waals surface area contributed by atoms with Crippen LogP contribution >= 0.6 is 0 Å². The number of nitrogens with one attached hydrogen (secondary N) is 1. The Labute approximate surface area is 98.5 Å². The van der Waals surface area contributed by atoms with E-state index in [1.165, 1.54) is 12.8 Å². The van der Waals surface area contributed by atoms with Crippen molar-refractivity contribution in [3.05, 3.63) is 12.2 Å². The van der Waals surface area contributed by atoms with Gasteiger partial charge < -0.3 is 5.32 Å². The Morgan fingerprint density at radius 3 is 2.75 bits per heavy atom. The molecule has 0 amide bonds. The second-order valence-electron chi connectivity index (χ2n) is 4.81. The molecule has 0 bridgehead atoms. The first-order valence-electron chi connectivity index (χ1n) is 6.23. The van der Waals surface area contributed by atoms with E-state index in [9.17, 15) is 0 Å². The van der Waals surface area contributed by atoms with Crippen LogP contribution in [0.1, 0.15) is 46.4 Å². The zero-order valence-corrected chi connectivity index (χ0v) is 10.9. The molecule has 0 radical (unpaired) electrons. The van der Waals surface area contributed by atoms with Crippen molar-refractivity contribution in [2.45, 2.75) is 59.7 Å². The summed E-state index contributed by atoms with van der Waals surface area (Å²) in [5.74, 6) is 1.56. The molecule has 0 aliphatic rings. The lowest BCUT2D eigenvalue weighted by molar-refractivity contribution is 0.417. The minimum absolute atomic E-state index is 0.478. The molecule has 4 nitrogen and oxygen atoms in total. The standard InChI is InChI=1S/C12H24N4/c1-5-6-11(4)8-16-9-14-12(15-16)7-13-10(2)3/h9-11,13H,5-8H2,1-4H3. The van der Waals surface area contributed by atoms with Gasteiger partial charge in [0.1, 0.15) is 6.33 Å². The molecule has 0 aliphatic heterocycles. The average molecular weight is 224 g/mol. The highest BCUT2D eigenvalue weighted by Gasteiger charge is 2.05. The highest BCUT2D eigenvalue weighted by molar-refractivity contribution is 4.81. The zero-order valence-electron chi connectivity index (χ0n) is 10.9. The van der Waals surface area contributed by atoms with Gasteiger partial charge >= 0.3 is 0 Å². The first-order valence-corrected chi connectivity index (χ1v) is 6.23. The largest absolute Gasteiger partial charge is 0.308 e. The van der Waals surface area contributed by atoms with Crippen LogP contribution in [0.2, 0.25) is 0 Å². The van der Waals surface area contributed by atoms with Crippen LogP contribution in [0.25, 0.3) is 0 Å². The van der Waals surface area contributed by atoms with Gasteiger partial charge in [-0.15, -0.1) is 0 Å². The zero-order chi connectivity index (χ0) is 12.0. The van der Waals surface area contributed by atoms with Gasteiger partial charge in [-0.1, -0.05) is 34.1 Å². The Morgan fingerprint density at radius 2 is 2.12 bits per heavy atom. The van der Waals surface area contributed by atoms with Crippen LogP contribution in [0.3, 0.4) is 0 Å². The van der Waals surface area contributed by atoms with Gasteiger partial charge in [-0.05, 0) is 12.3 Å². The maximum Gasteiger partial charge on any atom is 0.164 e. The summed E-state index contributed by atoms with van der Waals surface area (Å²) < 4.78 is 1.96. The summed E-state index contributed by atoms with van der Waals surface area (Å²) in [6.07, 6.45) is 4.32. The van der Waals surface area contributed by atoms with Crippen molar-refractivity contribution >= 4 is 0 Å². The molecular formula is C12H24N4. The average Bonchev–Trinajstić information content (AvgIpc) is 2.63. The van der Waals surface area contributed by atoms with Crippen LogP contribution in [0, 0.1) is 5.92 Å². The normalized spacial score (nSPS) is 13.3. The van der Waals surface area contributed by atoms with Crippen molar-refractivity contribution in [3.63, 3.8) is 0 Å². The van der Waals surface area contributed by atoms with Gasteiger partial charge in [0.25, 0.3) is 0 Å². The number of nitrogens with zero attached hydrogens (tertiary/aromatic N) is 3. The second-order valence-corrected chi connectivity index (χ2v) is 4.81. The molecule has 1 aromatic heterocycles. The molecule has 0 fully saturated rings. The lowest BCUT2D eigenvalue weighted by Crippen LogP contribution is -2.22. The quantitative estimate of drug-likeness (QED) is 0.772. The smallest absolute Gasteiger partial charge is 0.164 e. The van der Waals surface area contributed by atoms with Gasteiger partial charge in [0, 0.05) is 12.6 Å². The maximum atomic E-state index is 4.45. The monoisotopic (exact) mass is 224 g/mol. The minimum atomic E-state index is 0.478. The fourth-order valence-electron chi connectivity index (χ4n) is 1.70. The number of rotatable bonds is 7. The van der Waals surface area contributed by atoms with E-state index in [1.807, 2.05) is 11.0 Å². The highest BCUT2D eigenvalue weighted by Crippen LogP contribution is 2.07. The number of hydrogen-bond donors (Lipinski definition) is 1. The first kappa shape index (κ1) is 13.2. The summed E-state index contributed by atoms with van der Waals surface area (Å²) in [4.78, 5) is 4.29. The molecule has 4 heteroatoms. The molecule has 0 aliphatic carbocycles. The molecular weight excluding hydrogens is 200 g/mol. The Morgan fingerprint density at radius 1 is 1.38 bits per heavy atom. The van der Waals surface area contributed by atoms with Gasteiger partial charge in [0.15, 0.2) is 5.82 Å². The van der Waals surface area contributed by atoms with Crippen molar-refractivity contribution in [2.24, 2.45) is 5.92 Å². The Bertz CT molecular complexity index is 293. The second kappa shape index (κ2) is 6.63. The molecule has 1 rings (SSSR count). The molecule has 1 N–H and O–H groups in total. The Kier molecular flexibility index (Phi) is 5.46. The van der Waals surface area contributed by atoms with Gasteiger partial charge in [0.2, 0.25) is 0 Å². The lowest BCUT2D eigenvalue weighted by atomic mass is 10.1. The van der Waals surface area contributed by atoms with E-state index in [1.54, 1.807) is 0 Å². The van der Waals surface area contributed by atoms with Crippen molar-refractivity contribution < 1.29 is 0 Å². The summed E-state index contributed by atoms with van der Waals surface area (Å²) in [7, 11) is 0.